The lowest BCUT2D eigenvalue weighted by molar-refractivity contribution is 0.615. The number of rotatable bonds is 3. The van der Waals surface area contributed by atoms with Crippen LogP contribution in [-0.4, -0.2) is 29.8 Å². The molecule has 0 radical (unpaired) electrons. The van der Waals surface area contributed by atoms with Crippen LogP contribution in [0.2, 0.25) is 0 Å². The summed E-state index contributed by atoms with van der Waals surface area (Å²) in [5.41, 5.74) is 1.75. The summed E-state index contributed by atoms with van der Waals surface area (Å²) in [4.78, 5) is 0. The van der Waals surface area contributed by atoms with E-state index in [2.05, 4.69) is 20.8 Å². The van der Waals surface area contributed by atoms with E-state index in [0.29, 0.717) is 0 Å². The monoisotopic (exact) mass is 184 g/mol. The molecule has 1 atom stereocenters. The van der Waals surface area contributed by atoms with E-state index in [4.69, 9.17) is 0 Å². The molecule has 66 valence electrons. The first-order valence-corrected chi connectivity index (χ1v) is 5.04. The SMILES string of the molecule is c1nnc(NCC2CCNC2)s1. The molecule has 0 amide bonds. The maximum atomic E-state index is 3.91. The van der Waals surface area contributed by atoms with Crippen molar-refractivity contribution in [2.24, 2.45) is 5.92 Å². The second-order valence-corrected chi connectivity index (χ2v) is 3.82. The van der Waals surface area contributed by atoms with Crippen LogP contribution in [-0.2, 0) is 0 Å². The largest absolute Gasteiger partial charge is 0.360 e. The van der Waals surface area contributed by atoms with E-state index >= 15 is 0 Å². The van der Waals surface area contributed by atoms with Gasteiger partial charge in [0.1, 0.15) is 5.51 Å². The van der Waals surface area contributed by atoms with Crippen molar-refractivity contribution in [1.29, 1.82) is 0 Å². The van der Waals surface area contributed by atoms with Gasteiger partial charge in [0.2, 0.25) is 5.13 Å². The summed E-state index contributed by atoms with van der Waals surface area (Å²) in [6, 6.07) is 0. The van der Waals surface area contributed by atoms with E-state index in [9.17, 15) is 0 Å². The Morgan fingerprint density at radius 1 is 1.75 bits per heavy atom. The molecular formula is C7H12N4S. The third kappa shape index (κ3) is 1.92. The second-order valence-electron chi connectivity index (χ2n) is 2.98. The highest BCUT2D eigenvalue weighted by molar-refractivity contribution is 7.13. The molecule has 5 heteroatoms. The Hall–Kier alpha value is -0.680. The first kappa shape index (κ1) is 7.94. The molecule has 0 bridgehead atoms. The fourth-order valence-electron chi connectivity index (χ4n) is 1.37. The molecule has 1 aromatic rings. The standard InChI is InChI=1S/C7H12N4S/c1-2-8-3-6(1)4-9-7-11-10-5-12-7/h5-6,8H,1-4H2,(H,9,11). The van der Waals surface area contributed by atoms with Gasteiger partial charge in [-0.05, 0) is 25.4 Å². The van der Waals surface area contributed by atoms with Crippen LogP contribution in [0.3, 0.4) is 0 Å². The maximum absolute atomic E-state index is 3.91. The Balaban J connectivity index is 1.74. The lowest BCUT2D eigenvalue weighted by Gasteiger charge is -2.07. The summed E-state index contributed by atoms with van der Waals surface area (Å²) >= 11 is 1.55. The van der Waals surface area contributed by atoms with Crippen molar-refractivity contribution in [3.8, 4) is 0 Å². The average Bonchev–Trinajstić information content (AvgIpc) is 2.74. The van der Waals surface area contributed by atoms with E-state index in [0.717, 1.165) is 30.7 Å². The molecule has 1 fully saturated rings. The predicted molar refractivity (Wildman–Crippen MR) is 49.4 cm³/mol. The van der Waals surface area contributed by atoms with Gasteiger partial charge in [0.15, 0.2) is 0 Å². The zero-order valence-corrected chi connectivity index (χ0v) is 7.60. The minimum absolute atomic E-state index is 0.758. The molecule has 1 aliphatic heterocycles. The van der Waals surface area contributed by atoms with E-state index in [1.54, 1.807) is 16.8 Å². The fraction of sp³-hybridized carbons (Fsp3) is 0.714. The summed E-state index contributed by atoms with van der Waals surface area (Å²) in [6.45, 7) is 3.30. The third-order valence-corrected chi connectivity index (χ3v) is 2.71. The summed E-state index contributed by atoms with van der Waals surface area (Å²) in [7, 11) is 0. The molecule has 4 nitrogen and oxygen atoms in total. The van der Waals surface area contributed by atoms with Crippen molar-refractivity contribution in [2.45, 2.75) is 6.42 Å². The lowest BCUT2D eigenvalue weighted by atomic mass is 10.1. The minimum Gasteiger partial charge on any atom is -0.360 e. The molecule has 0 spiro atoms. The number of hydrogen-bond donors (Lipinski definition) is 2. The van der Waals surface area contributed by atoms with Crippen LogP contribution in [0.25, 0.3) is 0 Å². The van der Waals surface area contributed by atoms with Gasteiger partial charge in [0.05, 0.1) is 0 Å². The van der Waals surface area contributed by atoms with Crippen LogP contribution in [0.4, 0.5) is 5.13 Å². The molecule has 0 aromatic carbocycles. The van der Waals surface area contributed by atoms with Gasteiger partial charge in [-0.1, -0.05) is 11.3 Å². The van der Waals surface area contributed by atoms with Crippen LogP contribution in [0.15, 0.2) is 5.51 Å². The second kappa shape index (κ2) is 3.82. The van der Waals surface area contributed by atoms with Gasteiger partial charge in [-0.3, -0.25) is 0 Å². The number of hydrogen-bond acceptors (Lipinski definition) is 5. The number of anilines is 1. The lowest BCUT2D eigenvalue weighted by Crippen LogP contribution is -2.17. The number of nitrogens with zero attached hydrogens (tertiary/aromatic N) is 2. The van der Waals surface area contributed by atoms with Crippen LogP contribution in [0.1, 0.15) is 6.42 Å². The molecule has 1 aliphatic rings. The van der Waals surface area contributed by atoms with Crippen molar-refractivity contribution in [2.75, 3.05) is 25.0 Å². The Kier molecular flexibility index (Phi) is 2.53. The smallest absolute Gasteiger partial charge is 0.205 e. The topological polar surface area (TPSA) is 49.8 Å². The number of aromatic nitrogens is 2. The van der Waals surface area contributed by atoms with Crippen molar-refractivity contribution >= 4 is 16.5 Å². The van der Waals surface area contributed by atoms with Gasteiger partial charge < -0.3 is 10.6 Å². The van der Waals surface area contributed by atoms with Gasteiger partial charge in [-0.25, -0.2) is 0 Å². The van der Waals surface area contributed by atoms with Gasteiger partial charge >= 0.3 is 0 Å². The first-order valence-electron chi connectivity index (χ1n) is 4.16. The van der Waals surface area contributed by atoms with Crippen LogP contribution >= 0.6 is 11.3 Å². The molecule has 2 rings (SSSR count). The minimum atomic E-state index is 0.758. The van der Waals surface area contributed by atoms with Crippen LogP contribution in [0, 0.1) is 5.92 Å². The highest BCUT2D eigenvalue weighted by Gasteiger charge is 2.13. The fourth-order valence-corrected chi connectivity index (χ4v) is 1.83. The van der Waals surface area contributed by atoms with Crippen molar-refractivity contribution < 1.29 is 0 Å². The molecule has 1 aromatic heterocycles. The quantitative estimate of drug-likeness (QED) is 0.720. The van der Waals surface area contributed by atoms with E-state index in [-0.39, 0.29) is 0 Å². The molecular weight excluding hydrogens is 172 g/mol. The maximum Gasteiger partial charge on any atom is 0.205 e. The van der Waals surface area contributed by atoms with Gasteiger partial charge in [-0.15, -0.1) is 10.2 Å². The van der Waals surface area contributed by atoms with Crippen LogP contribution < -0.4 is 10.6 Å². The summed E-state index contributed by atoms with van der Waals surface area (Å²) < 4.78 is 0. The van der Waals surface area contributed by atoms with Crippen molar-refractivity contribution in [3.05, 3.63) is 5.51 Å². The summed E-state index contributed by atoms with van der Waals surface area (Å²) in [5.74, 6) is 0.758. The zero-order chi connectivity index (χ0) is 8.23. The molecule has 12 heavy (non-hydrogen) atoms. The van der Waals surface area contributed by atoms with E-state index in [1.807, 2.05) is 0 Å². The Morgan fingerprint density at radius 3 is 3.42 bits per heavy atom. The van der Waals surface area contributed by atoms with E-state index < -0.39 is 0 Å². The number of nitrogens with one attached hydrogen (secondary N) is 2. The first-order chi connectivity index (χ1) is 5.95. The van der Waals surface area contributed by atoms with Gasteiger partial charge in [-0.2, -0.15) is 0 Å². The van der Waals surface area contributed by atoms with Gasteiger partial charge in [0, 0.05) is 6.54 Å². The highest BCUT2D eigenvalue weighted by atomic mass is 32.1. The average molecular weight is 184 g/mol. The molecule has 1 unspecified atom stereocenters. The summed E-state index contributed by atoms with van der Waals surface area (Å²) in [6.07, 6.45) is 1.27. The van der Waals surface area contributed by atoms with Crippen molar-refractivity contribution in [1.82, 2.24) is 15.5 Å². The van der Waals surface area contributed by atoms with Crippen LogP contribution in [0.5, 0.6) is 0 Å². The predicted octanol–water partition coefficient (Wildman–Crippen LogP) is 0.559. The summed E-state index contributed by atoms with van der Waals surface area (Å²) in [5, 5.41) is 15.2. The van der Waals surface area contributed by atoms with E-state index in [1.165, 1.54) is 6.42 Å². The molecule has 0 aliphatic carbocycles. The third-order valence-electron chi connectivity index (χ3n) is 2.06. The van der Waals surface area contributed by atoms with Crippen molar-refractivity contribution in [3.63, 3.8) is 0 Å². The molecule has 0 saturated carbocycles. The molecule has 2 heterocycles. The normalized spacial score (nSPS) is 22.8. The zero-order valence-electron chi connectivity index (χ0n) is 6.79. The Bertz CT molecular complexity index is 217. The van der Waals surface area contributed by atoms with Gasteiger partial charge in [0.25, 0.3) is 0 Å². The Morgan fingerprint density at radius 2 is 2.75 bits per heavy atom. The molecule has 1 saturated heterocycles. The Labute approximate surface area is 75.4 Å². The molecule has 2 N–H and O–H groups in total. The highest BCUT2D eigenvalue weighted by Crippen LogP contribution is 2.11.